The molecule has 0 aromatic heterocycles. The summed E-state index contributed by atoms with van der Waals surface area (Å²) in [4.78, 5) is 0. The standard InChI is InChI=1S/BH4P3/c1-3-4-2/h3-4H,2H2/i2T2,3T,4T. The van der Waals surface area contributed by atoms with Crippen LogP contribution in [0.3, 0.4) is 0 Å². The van der Waals surface area contributed by atoms with Crippen molar-refractivity contribution in [2.75, 3.05) is 0 Å². The van der Waals surface area contributed by atoms with Crippen molar-refractivity contribution in [2.24, 2.45) is 0 Å². The van der Waals surface area contributed by atoms with Crippen molar-refractivity contribution in [1.82, 2.24) is 0 Å². The summed E-state index contributed by atoms with van der Waals surface area (Å²) in [7, 11) is 0.126. The topological polar surface area (TPSA) is 0 Å². The number of hydrogen-bond acceptors (Lipinski definition) is 0. The molecule has 0 aliphatic rings. The fourth-order valence-corrected chi connectivity index (χ4v) is 0. The Bertz CT molecular complexity index is 56.3. The van der Waals surface area contributed by atoms with Crippen molar-refractivity contribution in [3.63, 3.8) is 0 Å². The maximum absolute atomic E-state index is 6.92. The summed E-state index contributed by atoms with van der Waals surface area (Å²) in [5.74, 6) is 0. The van der Waals surface area contributed by atoms with Gasteiger partial charge in [0, 0.05) is 0 Å². The molecule has 0 heterocycles. The van der Waals surface area contributed by atoms with Gasteiger partial charge in [-0.25, -0.2) is 0 Å². The molecule has 0 amide bonds. The Hall–Kier alpha value is 1.35. The van der Waals surface area contributed by atoms with E-state index in [1.165, 1.54) is 0 Å². The summed E-state index contributed by atoms with van der Waals surface area (Å²) in [5, 5.41) is 0. The molecule has 0 spiro atoms. The Morgan fingerprint density at radius 2 is 3.25 bits per heavy atom. The second-order valence-electron chi connectivity index (χ2n) is 0.205. The lowest BCUT2D eigenvalue weighted by atomic mass is 10.8. The van der Waals surface area contributed by atoms with Crippen LogP contribution in [0.15, 0.2) is 0 Å². The Morgan fingerprint density at radius 3 is 3.25 bits per heavy atom. The Labute approximate surface area is 38.6 Å². The molecule has 0 fully saturated rings. The van der Waals surface area contributed by atoms with Crippen LogP contribution < -0.4 is 0 Å². The molecular weight excluding hydrogens is 104 g/mol. The maximum atomic E-state index is 6.92. The van der Waals surface area contributed by atoms with E-state index in [-0.39, 0.29) is 0 Å². The zero-order valence-corrected chi connectivity index (χ0v) is 4.60. The van der Waals surface area contributed by atoms with E-state index >= 15 is 0 Å². The average Bonchev–Trinajstić information content (AvgIpc) is 1.64. The lowest BCUT2D eigenvalue weighted by Gasteiger charge is -1.71. The molecule has 22 valence electrons. The van der Waals surface area contributed by atoms with E-state index in [4.69, 9.17) is 12.7 Å². The minimum atomic E-state index is -1.75. The van der Waals surface area contributed by atoms with Gasteiger partial charge in [0.05, 0.1) is 5.11 Å². The molecule has 0 N–H and O–H groups in total. The molecule has 0 aliphatic carbocycles. The molecule has 0 saturated carbocycles. The molecule has 0 aliphatic heterocycles. The van der Waals surface area contributed by atoms with Crippen molar-refractivity contribution < 1.29 is 0 Å². The molecule has 2 radical (unpaired) electrons. The molecule has 0 bridgehead atoms. The third-order valence-electron chi connectivity index (χ3n) is 0.0516. The largest absolute Gasteiger partial charge is 0.146 e. The zero-order valence-electron chi connectivity index (χ0n) is 5.92. The van der Waals surface area contributed by atoms with Crippen molar-refractivity contribution in [1.29, 1.82) is 5.11 Å². The molecule has 0 saturated heterocycles. The molecular formula is H4BP3. The zero-order chi connectivity index (χ0) is 6.73. The first-order valence-corrected chi connectivity index (χ1v) is 4.37. The monoisotopic (exact) mass is 116 g/mol. The van der Waals surface area contributed by atoms with Crippen LogP contribution in [0.1, 0.15) is 0 Å². The van der Waals surface area contributed by atoms with Crippen LogP contribution in [0.25, 0.3) is 0 Å². The normalized spacial score (nSPS) is 38.2. The SMILES string of the molecule is [3H]P([3H])P([3H])P([3H])[B]. The highest BCUT2D eigenvalue weighted by atomic mass is 32.4. The minimum absolute atomic E-state index is 1.54. The van der Waals surface area contributed by atoms with Gasteiger partial charge in [0.25, 0.3) is 0 Å². The molecule has 2 unspecified atom stereocenters. The second kappa shape index (κ2) is 4.35. The minimum Gasteiger partial charge on any atom is -0.146 e. The molecule has 0 rings (SSSR count). The summed E-state index contributed by atoms with van der Waals surface area (Å²) in [6.07, 6.45) is 0. The van der Waals surface area contributed by atoms with E-state index in [1.54, 1.807) is 0 Å². The highest BCUT2D eigenvalue weighted by molar-refractivity contribution is 8.44. The molecule has 4 heavy (non-hydrogen) atoms. The summed E-state index contributed by atoms with van der Waals surface area (Å²) in [5.41, 5.74) is 0. The average molecular weight is 116 g/mol. The lowest BCUT2D eigenvalue weighted by molar-refractivity contribution is 4.96. The van der Waals surface area contributed by atoms with E-state index in [9.17, 15) is 0 Å². The summed E-state index contributed by atoms with van der Waals surface area (Å²) in [6, 6.07) is 0. The van der Waals surface area contributed by atoms with Gasteiger partial charge < -0.3 is 0 Å². The van der Waals surface area contributed by atoms with E-state index in [0.717, 1.165) is 0 Å². The summed E-state index contributed by atoms with van der Waals surface area (Å²) >= 11 is 0. The van der Waals surface area contributed by atoms with Crippen LogP contribution in [0.5, 0.6) is 0 Å². The first kappa shape index (κ1) is 1.45. The van der Waals surface area contributed by atoms with Gasteiger partial charge in [0.2, 0.25) is 0 Å². The van der Waals surface area contributed by atoms with E-state index in [2.05, 4.69) is 0 Å². The molecule has 0 nitrogen and oxygen atoms in total. The fraction of sp³-hybridized carbons (Fsp3) is 0. The van der Waals surface area contributed by atoms with Crippen molar-refractivity contribution in [3.8, 4) is 0 Å². The highest BCUT2D eigenvalue weighted by Gasteiger charge is 1.54. The molecule has 0 aromatic rings. The van der Waals surface area contributed by atoms with Gasteiger partial charge in [-0.15, -0.1) is 16.9 Å². The highest BCUT2D eigenvalue weighted by Crippen LogP contribution is 2.38. The molecule has 4 heteroatoms. The Kier molecular flexibility index (Phi) is 1.58. The van der Waals surface area contributed by atoms with Crippen LogP contribution in [0, 0.1) is 0 Å². The smallest absolute Gasteiger partial charge is 0.110 e. The second-order valence-corrected chi connectivity index (χ2v) is 3.45. The van der Waals surface area contributed by atoms with Gasteiger partial charge in [-0.3, -0.25) is 0 Å². The van der Waals surface area contributed by atoms with Crippen molar-refractivity contribution >= 4 is 32.4 Å². The van der Waals surface area contributed by atoms with Crippen LogP contribution in [-0.4, -0.2) is 12.7 Å². The Morgan fingerprint density at radius 1 is 2.50 bits per heavy atom. The summed E-state index contributed by atoms with van der Waals surface area (Å²) in [6.45, 7) is 0. The van der Waals surface area contributed by atoms with E-state index in [1.807, 2.05) is 0 Å². The van der Waals surface area contributed by atoms with E-state index < -0.39 is 24.8 Å². The molecule has 2 atom stereocenters. The first-order valence-electron chi connectivity index (χ1n) is 2.45. The van der Waals surface area contributed by atoms with Crippen LogP contribution in [-0.2, 0) is 0 Å². The quantitative estimate of drug-likeness (QED) is 0.374. The fourth-order valence-electron chi connectivity index (χ4n) is 0. The van der Waals surface area contributed by atoms with Crippen LogP contribution in [0.2, 0.25) is 0 Å². The first-order chi connectivity index (χ1) is 3.55. The van der Waals surface area contributed by atoms with Gasteiger partial charge in [-0.2, -0.15) is 0 Å². The van der Waals surface area contributed by atoms with Crippen molar-refractivity contribution in [3.05, 3.63) is 0 Å². The van der Waals surface area contributed by atoms with Crippen LogP contribution >= 0.6 is 24.8 Å². The van der Waals surface area contributed by atoms with Gasteiger partial charge in [0.1, 0.15) is 7.57 Å². The molecule has 0 aromatic carbocycles. The predicted octanol–water partition coefficient (Wildman–Crippen LogP) is 1.13. The third kappa shape index (κ3) is 3.35. The van der Waals surface area contributed by atoms with Crippen molar-refractivity contribution in [2.45, 2.75) is 0 Å². The maximum Gasteiger partial charge on any atom is 0.110 e. The predicted molar refractivity (Wildman–Crippen MR) is 32.1 cm³/mol. The van der Waals surface area contributed by atoms with Crippen LogP contribution in [0.4, 0.5) is 0 Å². The van der Waals surface area contributed by atoms with Gasteiger partial charge in [-0.05, 0) is 0 Å². The van der Waals surface area contributed by atoms with Gasteiger partial charge >= 0.3 is 0 Å². The number of hydrogen-bond donors (Lipinski definition) is 0. The van der Waals surface area contributed by atoms with Gasteiger partial charge in [0.15, 0.2) is 0 Å². The van der Waals surface area contributed by atoms with E-state index in [0.29, 0.717) is 0 Å². The summed E-state index contributed by atoms with van der Waals surface area (Å²) < 4.78 is 27.1. The Balaban J connectivity index is 3.46. The lowest BCUT2D eigenvalue weighted by Crippen LogP contribution is -1.13. The third-order valence-corrected chi connectivity index (χ3v) is 1.39. The number of rotatable bonds is 2. The van der Waals surface area contributed by atoms with Gasteiger partial charge in [-0.1, -0.05) is 7.90 Å².